The fraction of sp³-hybridized carbons (Fsp3) is 0.611. The lowest BCUT2D eigenvalue weighted by molar-refractivity contribution is -0.274. The van der Waals surface area contributed by atoms with Gasteiger partial charge in [0.15, 0.2) is 0 Å². The molecule has 2 heterocycles. The Morgan fingerprint density at radius 1 is 1.14 bits per heavy atom. The van der Waals surface area contributed by atoms with Crippen LogP contribution in [-0.2, 0) is 14.8 Å². The van der Waals surface area contributed by atoms with Gasteiger partial charge in [0, 0.05) is 38.2 Å². The second kappa shape index (κ2) is 7.90. The summed E-state index contributed by atoms with van der Waals surface area (Å²) < 4.78 is 67.7. The van der Waals surface area contributed by atoms with Crippen molar-refractivity contribution < 1.29 is 31.1 Å². The normalized spacial score (nSPS) is 22.4. The summed E-state index contributed by atoms with van der Waals surface area (Å²) in [6.07, 6.45) is -3.10. The molecule has 1 unspecified atom stereocenters. The summed E-state index contributed by atoms with van der Waals surface area (Å²) >= 11 is 0. The average Bonchev–Trinajstić information content (AvgIpc) is 3.06. The molecule has 1 amide bonds. The number of amides is 1. The number of alkyl halides is 3. The first-order valence-electron chi connectivity index (χ1n) is 9.21. The molecule has 3 rings (SSSR count). The summed E-state index contributed by atoms with van der Waals surface area (Å²) in [4.78, 5) is 14.2. The molecule has 2 aliphatic heterocycles. The molecule has 6 nitrogen and oxygen atoms in total. The molecule has 0 aromatic heterocycles. The van der Waals surface area contributed by atoms with Crippen LogP contribution >= 0.6 is 0 Å². The van der Waals surface area contributed by atoms with Crippen LogP contribution in [0.1, 0.15) is 26.2 Å². The fourth-order valence-corrected chi connectivity index (χ4v) is 5.22. The van der Waals surface area contributed by atoms with Crippen molar-refractivity contribution in [2.75, 3.05) is 26.2 Å². The van der Waals surface area contributed by atoms with Crippen LogP contribution in [0.5, 0.6) is 5.75 Å². The van der Waals surface area contributed by atoms with Crippen LogP contribution in [0.25, 0.3) is 0 Å². The molecule has 1 atom stereocenters. The highest BCUT2D eigenvalue weighted by Gasteiger charge is 2.36. The Bertz CT molecular complexity index is 820. The molecule has 1 aromatic carbocycles. The van der Waals surface area contributed by atoms with E-state index in [1.807, 2.05) is 4.90 Å². The van der Waals surface area contributed by atoms with E-state index in [0.717, 1.165) is 31.6 Å². The molecular weight excluding hydrogens is 397 g/mol. The number of carbonyl (C=O) groups is 1. The maximum atomic E-state index is 12.8. The van der Waals surface area contributed by atoms with Crippen molar-refractivity contribution >= 4 is 15.9 Å². The first-order valence-corrected chi connectivity index (χ1v) is 10.6. The van der Waals surface area contributed by atoms with E-state index < -0.39 is 22.1 Å². The van der Waals surface area contributed by atoms with Crippen molar-refractivity contribution in [3.05, 3.63) is 24.3 Å². The number of likely N-dealkylation sites (tertiary alicyclic amines) is 1. The van der Waals surface area contributed by atoms with Crippen LogP contribution in [0.15, 0.2) is 29.2 Å². The molecule has 0 N–H and O–H groups in total. The predicted molar refractivity (Wildman–Crippen MR) is 95.0 cm³/mol. The molecule has 156 valence electrons. The van der Waals surface area contributed by atoms with Crippen molar-refractivity contribution in [2.24, 2.45) is 11.8 Å². The highest BCUT2D eigenvalue weighted by Crippen LogP contribution is 2.29. The Morgan fingerprint density at radius 2 is 1.82 bits per heavy atom. The molecule has 2 fully saturated rings. The lowest BCUT2D eigenvalue weighted by atomic mass is 9.96. The van der Waals surface area contributed by atoms with E-state index in [4.69, 9.17) is 0 Å². The molecule has 0 radical (unpaired) electrons. The van der Waals surface area contributed by atoms with Gasteiger partial charge in [0.1, 0.15) is 5.75 Å². The van der Waals surface area contributed by atoms with Gasteiger partial charge >= 0.3 is 6.36 Å². The van der Waals surface area contributed by atoms with Crippen LogP contribution < -0.4 is 4.74 Å². The van der Waals surface area contributed by atoms with E-state index in [1.165, 1.54) is 16.4 Å². The summed E-state index contributed by atoms with van der Waals surface area (Å²) in [6.45, 7) is 3.89. The molecule has 2 saturated heterocycles. The molecule has 10 heteroatoms. The molecule has 1 aromatic rings. The van der Waals surface area contributed by atoms with Gasteiger partial charge in [-0.1, -0.05) is 13.0 Å². The topological polar surface area (TPSA) is 66.9 Å². The van der Waals surface area contributed by atoms with E-state index in [0.29, 0.717) is 18.8 Å². The number of halogens is 3. The Balaban J connectivity index is 1.65. The van der Waals surface area contributed by atoms with Crippen molar-refractivity contribution in [1.29, 1.82) is 0 Å². The lowest BCUT2D eigenvalue weighted by Crippen LogP contribution is -2.43. The number of carbonyl (C=O) groups excluding carboxylic acids is 1. The molecule has 0 spiro atoms. The molecule has 0 saturated carbocycles. The number of ether oxygens (including phenoxy) is 1. The molecule has 28 heavy (non-hydrogen) atoms. The van der Waals surface area contributed by atoms with Crippen molar-refractivity contribution in [1.82, 2.24) is 9.21 Å². The lowest BCUT2D eigenvalue weighted by Gasteiger charge is -2.32. The maximum absolute atomic E-state index is 12.8. The summed E-state index contributed by atoms with van der Waals surface area (Å²) in [7, 11) is -3.96. The predicted octanol–water partition coefficient (Wildman–Crippen LogP) is 2.85. The third-order valence-electron chi connectivity index (χ3n) is 5.22. The van der Waals surface area contributed by atoms with Gasteiger partial charge in [-0.3, -0.25) is 4.79 Å². The smallest absolute Gasteiger partial charge is 0.406 e. The van der Waals surface area contributed by atoms with E-state index >= 15 is 0 Å². The molecular formula is C18H23F3N2O4S. The first-order chi connectivity index (χ1) is 13.1. The summed E-state index contributed by atoms with van der Waals surface area (Å²) in [5.74, 6) is -0.240. The van der Waals surface area contributed by atoms with Gasteiger partial charge in [-0.05, 0) is 37.3 Å². The van der Waals surface area contributed by atoms with Gasteiger partial charge in [-0.25, -0.2) is 8.42 Å². The van der Waals surface area contributed by atoms with Crippen molar-refractivity contribution in [3.8, 4) is 5.75 Å². The van der Waals surface area contributed by atoms with Crippen LogP contribution in [0.2, 0.25) is 0 Å². The zero-order valence-corrected chi connectivity index (χ0v) is 16.3. The quantitative estimate of drug-likeness (QED) is 0.751. The number of sulfonamides is 1. The minimum absolute atomic E-state index is 0.0713. The zero-order valence-electron chi connectivity index (χ0n) is 15.5. The van der Waals surface area contributed by atoms with Gasteiger partial charge < -0.3 is 9.64 Å². The van der Waals surface area contributed by atoms with Gasteiger partial charge in [-0.2, -0.15) is 4.31 Å². The second-order valence-electron chi connectivity index (χ2n) is 7.38. The molecule has 0 bridgehead atoms. The average molecular weight is 420 g/mol. The van der Waals surface area contributed by atoms with Crippen molar-refractivity contribution in [2.45, 2.75) is 37.4 Å². The summed E-state index contributed by atoms with van der Waals surface area (Å²) in [6, 6.07) is 4.36. The third-order valence-corrected chi connectivity index (χ3v) is 7.11. The largest absolute Gasteiger partial charge is 0.573 e. The van der Waals surface area contributed by atoms with E-state index in [-0.39, 0.29) is 29.8 Å². The fourth-order valence-electron chi connectivity index (χ4n) is 3.72. The van der Waals surface area contributed by atoms with Crippen molar-refractivity contribution in [3.63, 3.8) is 0 Å². The van der Waals surface area contributed by atoms with E-state index in [1.54, 1.807) is 0 Å². The second-order valence-corrected chi connectivity index (χ2v) is 9.32. The Hall–Kier alpha value is -1.81. The van der Waals surface area contributed by atoms with Crippen LogP contribution in [0, 0.1) is 11.8 Å². The summed E-state index contributed by atoms with van der Waals surface area (Å²) in [5, 5.41) is 0. The standard InChI is InChI=1S/C18H23F3N2O4S/c1-13-5-8-22(12-13)17(24)14-6-9-23(10-7-14)28(25,26)16-4-2-3-15(11-16)27-18(19,20)21/h2-4,11,13-14H,5-10,12H2,1H3. The Morgan fingerprint density at radius 3 is 2.39 bits per heavy atom. The SMILES string of the molecule is CC1CCN(C(=O)C2CCN(S(=O)(=O)c3cccc(OC(F)(F)F)c3)CC2)C1. The highest BCUT2D eigenvalue weighted by atomic mass is 32.2. The number of piperidine rings is 1. The van der Waals surface area contributed by atoms with E-state index in [2.05, 4.69) is 11.7 Å². The van der Waals surface area contributed by atoms with Gasteiger partial charge in [0.05, 0.1) is 4.90 Å². The number of hydrogen-bond donors (Lipinski definition) is 0. The van der Waals surface area contributed by atoms with Gasteiger partial charge in [0.25, 0.3) is 0 Å². The molecule has 2 aliphatic rings. The van der Waals surface area contributed by atoms with Crippen LogP contribution in [0.3, 0.4) is 0 Å². The first kappa shape index (κ1) is 20.9. The maximum Gasteiger partial charge on any atom is 0.573 e. The van der Waals surface area contributed by atoms with Crippen LogP contribution in [-0.4, -0.2) is 56.1 Å². The zero-order chi connectivity index (χ0) is 20.5. The molecule has 0 aliphatic carbocycles. The van der Waals surface area contributed by atoms with E-state index in [9.17, 15) is 26.4 Å². The van der Waals surface area contributed by atoms with Gasteiger partial charge in [0.2, 0.25) is 15.9 Å². The van der Waals surface area contributed by atoms with Crippen LogP contribution in [0.4, 0.5) is 13.2 Å². The monoisotopic (exact) mass is 420 g/mol. The highest BCUT2D eigenvalue weighted by molar-refractivity contribution is 7.89. The minimum Gasteiger partial charge on any atom is -0.406 e. The number of hydrogen-bond acceptors (Lipinski definition) is 4. The minimum atomic E-state index is -4.89. The third kappa shape index (κ3) is 4.78. The Kier molecular flexibility index (Phi) is 5.90. The number of nitrogens with zero attached hydrogens (tertiary/aromatic N) is 2. The number of benzene rings is 1. The Labute approximate surface area is 162 Å². The summed E-state index contributed by atoms with van der Waals surface area (Å²) in [5.41, 5.74) is 0. The van der Waals surface area contributed by atoms with Gasteiger partial charge in [-0.15, -0.1) is 13.2 Å². The number of rotatable bonds is 4.